The minimum absolute atomic E-state index is 0.818. The molecule has 0 N–H and O–H groups in total. The van der Waals surface area contributed by atoms with Crippen LogP contribution in [0.1, 0.15) is 6.92 Å². The molecular formula is C4H6O3. The summed E-state index contributed by atoms with van der Waals surface area (Å²) in [5.41, 5.74) is 0. The van der Waals surface area contributed by atoms with E-state index in [1.807, 2.05) is 0 Å². The number of hydrogen-bond acceptors (Lipinski definition) is 3. The van der Waals surface area contributed by atoms with Crippen molar-refractivity contribution in [2.75, 3.05) is 0 Å². The second-order valence-electron chi connectivity index (χ2n) is 1.31. The summed E-state index contributed by atoms with van der Waals surface area (Å²) >= 11 is 0. The largest absolute Gasteiger partial charge is 0.445 e. The summed E-state index contributed by atoms with van der Waals surface area (Å²) in [5.74, 6) is -0.818. The predicted octanol–water partition coefficient (Wildman–Crippen LogP) is 0.782. The summed E-state index contributed by atoms with van der Waals surface area (Å²) < 4.78 is 4.66. The third kappa shape index (κ3) is 0.913. The van der Waals surface area contributed by atoms with Crippen LogP contribution < -0.4 is 0 Å². The molecule has 0 bridgehead atoms. The molecule has 7 heavy (non-hydrogen) atoms. The van der Waals surface area contributed by atoms with Crippen LogP contribution in [0.15, 0.2) is 12.8 Å². The smallest absolute Gasteiger partial charge is 0.378 e. The van der Waals surface area contributed by atoms with Gasteiger partial charge in [0.15, 0.2) is 0 Å². The number of rotatable bonds is 2. The van der Waals surface area contributed by atoms with E-state index in [4.69, 9.17) is 0 Å². The fraction of sp³-hybridized carbons (Fsp3) is 0.500. The average molecular weight is 102 g/mol. The van der Waals surface area contributed by atoms with Crippen LogP contribution in [0.5, 0.6) is 0 Å². The standard InChI is InChI=1S/C4H6O3/c1-3-5-4(2)6-7-4/h3H,1H2,2H3. The molecule has 1 rings (SSSR count). The lowest BCUT2D eigenvalue weighted by molar-refractivity contribution is 0.0312. The van der Waals surface area contributed by atoms with E-state index in [1.165, 1.54) is 6.26 Å². The maximum atomic E-state index is 4.66. The van der Waals surface area contributed by atoms with E-state index < -0.39 is 5.97 Å². The molecule has 0 aromatic carbocycles. The van der Waals surface area contributed by atoms with E-state index in [9.17, 15) is 0 Å². The molecule has 0 spiro atoms. The van der Waals surface area contributed by atoms with Crippen molar-refractivity contribution in [1.82, 2.24) is 0 Å². The molecule has 3 nitrogen and oxygen atoms in total. The molecule has 40 valence electrons. The Labute approximate surface area is 41.4 Å². The van der Waals surface area contributed by atoms with Gasteiger partial charge in [-0.2, -0.15) is 9.78 Å². The molecule has 1 saturated heterocycles. The lowest BCUT2D eigenvalue weighted by atomic mass is 10.7. The van der Waals surface area contributed by atoms with Crippen molar-refractivity contribution in [3.63, 3.8) is 0 Å². The van der Waals surface area contributed by atoms with Gasteiger partial charge in [-0.3, -0.25) is 0 Å². The van der Waals surface area contributed by atoms with Gasteiger partial charge in [-0.1, -0.05) is 6.58 Å². The van der Waals surface area contributed by atoms with Crippen molar-refractivity contribution < 1.29 is 14.5 Å². The molecule has 1 aliphatic rings. The van der Waals surface area contributed by atoms with Crippen molar-refractivity contribution in [3.05, 3.63) is 12.8 Å². The Morgan fingerprint density at radius 2 is 2.29 bits per heavy atom. The van der Waals surface area contributed by atoms with Crippen LogP contribution >= 0.6 is 0 Å². The van der Waals surface area contributed by atoms with Crippen LogP contribution in [0.4, 0.5) is 0 Å². The van der Waals surface area contributed by atoms with Crippen molar-refractivity contribution in [2.24, 2.45) is 0 Å². The SMILES string of the molecule is C=COC1(C)OO1. The lowest BCUT2D eigenvalue weighted by Crippen LogP contribution is -2.03. The number of ether oxygens (including phenoxy) is 1. The number of hydrogen-bond donors (Lipinski definition) is 0. The Morgan fingerprint density at radius 3 is 2.43 bits per heavy atom. The quantitative estimate of drug-likeness (QED) is 0.293. The first kappa shape index (κ1) is 4.61. The molecule has 0 radical (unpaired) electrons. The summed E-state index contributed by atoms with van der Waals surface area (Å²) in [7, 11) is 0. The van der Waals surface area contributed by atoms with Crippen molar-refractivity contribution in [3.8, 4) is 0 Å². The van der Waals surface area contributed by atoms with Crippen LogP contribution in [-0.2, 0) is 14.5 Å². The van der Waals surface area contributed by atoms with E-state index in [0.29, 0.717) is 0 Å². The van der Waals surface area contributed by atoms with Crippen LogP contribution in [0.2, 0.25) is 0 Å². The maximum absolute atomic E-state index is 4.66. The van der Waals surface area contributed by atoms with Crippen LogP contribution in [0.3, 0.4) is 0 Å². The monoisotopic (exact) mass is 102 g/mol. The van der Waals surface area contributed by atoms with Gasteiger partial charge in [-0.05, 0) is 0 Å². The van der Waals surface area contributed by atoms with E-state index >= 15 is 0 Å². The average Bonchev–Trinajstić information content (AvgIpc) is 2.22. The van der Waals surface area contributed by atoms with Gasteiger partial charge in [0.25, 0.3) is 0 Å². The fourth-order valence-corrected chi connectivity index (χ4v) is 0.249. The Kier molecular flexibility index (Phi) is 0.800. The second kappa shape index (κ2) is 1.21. The van der Waals surface area contributed by atoms with Crippen LogP contribution in [0, 0.1) is 0 Å². The minimum atomic E-state index is -0.818. The summed E-state index contributed by atoms with van der Waals surface area (Å²) in [6.45, 7) is 4.95. The summed E-state index contributed by atoms with van der Waals surface area (Å²) in [6, 6.07) is 0. The minimum Gasteiger partial charge on any atom is -0.445 e. The van der Waals surface area contributed by atoms with E-state index in [2.05, 4.69) is 21.1 Å². The highest BCUT2D eigenvalue weighted by atomic mass is 17.4. The Morgan fingerprint density at radius 1 is 1.71 bits per heavy atom. The molecule has 1 heterocycles. The summed E-state index contributed by atoms with van der Waals surface area (Å²) in [4.78, 5) is 8.69. The highest BCUT2D eigenvalue weighted by Gasteiger charge is 2.45. The molecule has 0 amide bonds. The van der Waals surface area contributed by atoms with Crippen molar-refractivity contribution >= 4 is 0 Å². The van der Waals surface area contributed by atoms with Gasteiger partial charge in [0.1, 0.15) is 0 Å². The van der Waals surface area contributed by atoms with Gasteiger partial charge < -0.3 is 4.74 Å². The molecule has 0 saturated carbocycles. The topological polar surface area (TPSA) is 34.3 Å². The van der Waals surface area contributed by atoms with Gasteiger partial charge >= 0.3 is 5.97 Å². The van der Waals surface area contributed by atoms with Gasteiger partial charge in [0, 0.05) is 6.92 Å². The zero-order valence-electron chi connectivity index (χ0n) is 4.01. The van der Waals surface area contributed by atoms with Crippen LogP contribution in [0.25, 0.3) is 0 Å². The second-order valence-corrected chi connectivity index (χ2v) is 1.31. The summed E-state index contributed by atoms with van der Waals surface area (Å²) in [5, 5.41) is 0. The zero-order chi connectivity index (χ0) is 5.33. The normalized spacial score (nSPS) is 23.6. The molecule has 0 aliphatic carbocycles. The van der Waals surface area contributed by atoms with Gasteiger partial charge in [0.05, 0.1) is 6.26 Å². The first-order chi connectivity index (χ1) is 3.27. The molecule has 0 atom stereocenters. The molecular weight excluding hydrogens is 96.0 g/mol. The molecule has 0 aromatic rings. The Bertz CT molecular complexity index is 84.9. The fourth-order valence-electron chi connectivity index (χ4n) is 0.249. The highest BCUT2D eigenvalue weighted by molar-refractivity contribution is 4.58. The van der Waals surface area contributed by atoms with Crippen molar-refractivity contribution in [2.45, 2.75) is 12.9 Å². The predicted molar refractivity (Wildman–Crippen MR) is 21.9 cm³/mol. The highest BCUT2D eigenvalue weighted by Crippen LogP contribution is 2.29. The van der Waals surface area contributed by atoms with E-state index in [1.54, 1.807) is 6.92 Å². The van der Waals surface area contributed by atoms with Gasteiger partial charge in [0.2, 0.25) is 0 Å². The van der Waals surface area contributed by atoms with E-state index in [-0.39, 0.29) is 0 Å². The molecule has 0 aromatic heterocycles. The van der Waals surface area contributed by atoms with Crippen LogP contribution in [-0.4, -0.2) is 5.97 Å². The lowest BCUT2D eigenvalue weighted by Gasteiger charge is -1.93. The molecule has 1 aliphatic heterocycles. The Hall–Kier alpha value is -0.540. The zero-order valence-corrected chi connectivity index (χ0v) is 4.01. The van der Waals surface area contributed by atoms with Crippen molar-refractivity contribution in [1.29, 1.82) is 0 Å². The molecule has 1 fully saturated rings. The summed E-state index contributed by atoms with van der Waals surface area (Å²) in [6.07, 6.45) is 1.27. The first-order valence-corrected chi connectivity index (χ1v) is 1.92. The molecule has 0 unspecified atom stereocenters. The van der Waals surface area contributed by atoms with E-state index in [0.717, 1.165) is 0 Å². The van der Waals surface area contributed by atoms with Gasteiger partial charge in [-0.15, -0.1) is 0 Å². The third-order valence-corrected chi connectivity index (χ3v) is 0.615. The molecule has 3 heteroatoms. The van der Waals surface area contributed by atoms with Gasteiger partial charge in [-0.25, -0.2) is 0 Å². The third-order valence-electron chi connectivity index (χ3n) is 0.615. The maximum Gasteiger partial charge on any atom is 0.378 e. The Balaban J connectivity index is 2.25. The first-order valence-electron chi connectivity index (χ1n) is 1.92.